The topological polar surface area (TPSA) is 3.24 Å². The number of aryl methyl sites for hydroxylation is 2. The van der Waals surface area contributed by atoms with Crippen molar-refractivity contribution in [1.82, 2.24) is 4.90 Å². The first kappa shape index (κ1) is 24.5. The Kier molecular flexibility index (Phi) is 7.10. The highest BCUT2D eigenvalue weighted by Gasteiger charge is 2.25. The van der Waals surface area contributed by atoms with Gasteiger partial charge in [-0.25, -0.2) is 13.2 Å². The summed E-state index contributed by atoms with van der Waals surface area (Å²) < 4.78 is 57.4. The molecule has 0 radical (unpaired) electrons. The third-order valence-electron chi connectivity index (χ3n) is 7.15. The normalized spacial score (nSPS) is 16.0. The van der Waals surface area contributed by atoms with Gasteiger partial charge in [0.2, 0.25) is 0 Å². The van der Waals surface area contributed by atoms with Gasteiger partial charge in [-0.1, -0.05) is 36.4 Å². The van der Waals surface area contributed by atoms with Crippen LogP contribution in [0.2, 0.25) is 0 Å². The molecule has 36 heavy (non-hydrogen) atoms. The van der Waals surface area contributed by atoms with Crippen molar-refractivity contribution in [3.8, 4) is 0 Å². The Morgan fingerprint density at radius 3 is 2.44 bits per heavy atom. The lowest BCUT2D eigenvalue weighted by Crippen LogP contribution is -2.40. The predicted molar refractivity (Wildman–Crippen MR) is 138 cm³/mol. The highest BCUT2D eigenvalue weighted by molar-refractivity contribution is 6.00. The van der Waals surface area contributed by atoms with Crippen LogP contribution in [0.25, 0.3) is 17.2 Å². The second kappa shape index (κ2) is 10.4. The highest BCUT2D eigenvalue weighted by Crippen LogP contribution is 2.42. The first-order valence-corrected chi connectivity index (χ1v) is 12.5. The Balaban J connectivity index is 1.60. The number of alkyl halides is 1. The van der Waals surface area contributed by atoms with Crippen molar-refractivity contribution in [1.29, 1.82) is 0 Å². The van der Waals surface area contributed by atoms with Crippen LogP contribution in [0.1, 0.15) is 52.6 Å². The maximum atomic E-state index is 15.8. The van der Waals surface area contributed by atoms with Crippen molar-refractivity contribution in [2.75, 3.05) is 26.3 Å². The third-order valence-corrected chi connectivity index (χ3v) is 7.15. The third kappa shape index (κ3) is 4.90. The van der Waals surface area contributed by atoms with Crippen molar-refractivity contribution in [3.63, 3.8) is 0 Å². The van der Waals surface area contributed by atoms with Crippen LogP contribution < -0.4 is 0 Å². The number of hydrogen-bond acceptors (Lipinski definition) is 1. The molecule has 1 nitrogen and oxygen atoms in total. The first-order valence-electron chi connectivity index (χ1n) is 12.5. The van der Waals surface area contributed by atoms with Crippen molar-refractivity contribution in [3.05, 3.63) is 111 Å². The van der Waals surface area contributed by atoms with Gasteiger partial charge in [-0.2, -0.15) is 0 Å². The van der Waals surface area contributed by atoms with Crippen LogP contribution in [0.3, 0.4) is 0 Å². The summed E-state index contributed by atoms with van der Waals surface area (Å²) in [5, 5.41) is 0. The van der Waals surface area contributed by atoms with E-state index in [0.717, 1.165) is 46.2 Å². The van der Waals surface area contributed by atoms with E-state index >= 15 is 8.78 Å². The molecule has 3 aromatic rings. The van der Waals surface area contributed by atoms with Crippen LogP contribution in [0.15, 0.2) is 60.2 Å². The lowest BCUT2D eigenvalue weighted by atomic mass is 9.85. The van der Waals surface area contributed by atoms with Crippen molar-refractivity contribution < 1.29 is 17.6 Å². The summed E-state index contributed by atoms with van der Waals surface area (Å²) in [6.45, 7) is 3.46. The van der Waals surface area contributed by atoms with Crippen molar-refractivity contribution >= 4 is 17.2 Å². The van der Waals surface area contributed by atoms with Gasteiger partial charge in [0.25, 0.3) is 0 Å². The number of likely N-dealkylation sites (tertiary alicyclic amines) is 1. The van der Waals surface area contributed by atoms with Gasteiger partial charge in [-0.15, -0.1) is 0 Å². The van der Waals surface area contributed by atoms with Gasteiger partial charge in [0, 0.05) is 30.8 Å². The van der Waals surface area contributed by atoms with Crippen LogP contribution in [-0.4, -0.2) is 31.2 Å². The molecule has 0 saturated carbocycles. The minimum Gasteiger partial charge on any atom is -0.295 e. The lowest BCUT2D eigenvalue weighted by molar-refractivity contribution is 0.239. The molecule has 0 aromatic heterocycles. The summed E-state index contributed by atoms with van der Waals surface area (Å²) in [7, 11) is 0. The summed E-state index contributed by atoms with van der Waals surface area (Å²) in [5.41, 5.74) is 6.64. The Morgan fingerprint density at radius 1 is 0.861 bits per heavy atom. The number of rotatable bonds is 6. The van der Waals surface area contributed by atoms with E-state index in [2.05, 4.69) is 4.90 Å². The van der Waals surface area contributed by atoms with Crippen LogP contribution in [-0.2, 0) is 6.42 Å². The number of allylic oxidation sites excluding steroid dienone is 1. The predicted octanol–water partition coefficient (Wildman–Crippen LogP) is 7.77. The summed E-state index contributed by atoms with van der Waals surface area (Å²) in [6, 6.07) is 15.1. The molecule has 0 amide bonds. The van der Waals surface area contributed by atoms with E-state index in [-0.39, 0.29) is 23.6 Å². The molecule has 1 aliphatic carbocycles. The largest absolute Gasteiger partial charge is 0.295 e. The summed E-state index contributed by atoms with van der Waals surface area (Å²) >= 11 is 0. The van der Waals surface area contributed by atoms with E-state index in [4.69, 9.17) is 0 Å². The summed E-state index contributed by atoms with van der Waals surface area (Å²) in [5.74, 6) is -1.28. The molecule has 1 saturated heterocycles. The average Bonchev–Trinajstić information content (AvgIpc) is 3.02. The maximum Gasteiger partial charge on any atom is 0.131 e. The molecule has 0 unspecified atom stereocenters. The molecule has 0 spiro atoms. The highest BCUT2D eigenvalue weighted by atomic mass is 19.1. The Labute approximate surface area is 209 Å². The van der Waals surface area contributed by atoms with Gasteiger partial charge in [0.05, 0.1) is 6.67 Å². The Morgan fingerprint density at radius 2 is 1.67 bits per heavy atom. The molecule has 5 rings (SSSR count). The lowest BCUT2D eigenvalue weighted by Gasteiger charge is -2.33. The molecular weight excluding hydrogens is 462 g/mol. The van der Waals surface area contributed by atoms with Gasteiger partial charge in [0.15, 0.2) is 0 Å². The molecule has 1 fully saturated rings. The van der Waals surface area contributed by atoms with Gasteiger partial charge >= 0.3 is 0 Å². The Bertz CT molecular complexity index is 1350. The molecule has 0 N–H and O–H groups in total. The molecule has 3 aromatic carbocycles. The summed E-state index contributed by atoms with van der Waals surface area (Å²) in [6.07, 6.45) is 4.56. The molecule has 1 aliphatic heterocycles. The van der Waals surface area contributed by atoms with E-state index in [9.17, 15) is 8.78 Å². The van der Waals surface area contributed by atoms with Crippen molar-refractivity contribution in [2.45, 2.75) is 32.6 Å². The smallest absolute Gasteiger partial charge is 0.131 e. The van der Waals surface area contributed by atoms with E-state index < -0.39 is 11.6 Å². The first-order chi connectivity index (χ1) is 17.4. The molecule has 0 bridgehead atoms. The molecular formula is C31H29F4N. The number of fused-ring (bicyclic) bond motifs is 1. The fraction of sp³-hybridized carbons (Fsp3) is 0.290. The van der Waals surface area contributed by atoms with Gasteiger partial charge < -0.3 is 0 Å². The number of hydrogen-bond donors (Lipinski definition) is 0. The molecule has 186 valence electrons. The molecule has 5 heteroatoms. The fourth-order valence-corrected chi connectivity index (χ4v) is 5.41. The van der Waals surface area contributed by atoms with Crippen LogP contribution in [0.4, 0.5) is 17.6 Å². The second-order valence-electron chi connectivity index (χ2n) is 9.73. The van der Waals surface area contributed by atoms with E-state index in [1.165, 1.54) is 24.3 Å². The fourth-order valence-electron chi connectivity index (χ4n) is 5.41. The van der Waals surface area contributed by atoms with Crippen LogP contribution >= 0.6 is 0 Å². The van der Waals surface area contributed by atoms with E-state index in [1.807, 2.05) is 31.2 Å². The molecule has 1 heterocycles. The summed E-state index contributed by atoms with van der Waals surface area (Å²) in [4.78, 5) is 2.08. The minimum atomic E-state index is -0.485. The van der Waals surface area contributed by atoms with Crippen LogP contribution in [0, 0.1) is 24.4 Å². The number of halogens is 4. The van der Waals surface area contributed by atoms with Crippen LogP contribution in [0.5, 0.6) is 0 Å². The van der Waals surface area contributed by atoms with Crippen molar-refractivity contribution in [2.24, 2.45) is 0 Å². The second-order valence-corrected chi connectivity index (χ2v) is 9.73. The van der Waals surface area contributed by atoms with Gasteiger partial charge in [-0.3, -0.25) is 9.29 Å². The Hall–Kier alpha value is -3.18. The standard InChI is InChI=1S/C31H29F4N/c1-20-14-24(33)10-11-25(20)27-9-4-7-22-6-2-3-8-26(22)31(27)28-17-29(34)23(16-30(28)35)15-21-18-36(19-21)13-5-12-32/h2-3,6,8,10-11,14-17H,4-5,7,9,12-13,18-19H2,1H3. The minimum absolute atomic E-state index is 0.221. The zero-order valence-corrected chi connectivity index (χ0v) is 20.4. The molecule has 0 atom stereocenters. The SMILES string of the molecule is Cc1cc(F)ccc1C1=C(c2cc(F)c(C=C3CN(CCCF)C3)cc2F)c2ccccc2CCC1. The number of nitrogens with zero attached hydrogens (tertiary/aromatic N) is 1. The quantitative estimate of drug-likeness (QED) is 0.319. The van der Waals surface area contributed by atoms with E-state index in [1.54, 1.807) is 12.1 Å². The number of benzene rings is 3. The average molecular weight is 492 g/mol. The van der Waals surface area contributed by atoms with Gasteiger partial charge in [-0.05, 0) is 95.8 Å². The maximum absolute atomic E-state index is 15.8. The zero-order chi connectivity index (χ0) is 25.2. The molecule has 2 aliphatic rings. The monoisotopic (exact) mass is 491 g/mol. The van der Waals surface area contributed by atoms with Gasteiger partial charge in [0.1, 0.15) is 17.5 Å². The van der Waals surface area contributed by atoms with E-state index in [0.29, 0.717) is 38.0 Å². The zero-order valence-electron chi connectivity index (χ0n) is 20.4.